The first-order valence-corrected chi connectivity index (χ1v) is 10.2. The van der Waals surface area contributed by atoms with E-state index in [0.29, 0.717) is 18.9 Å². The molecule has 148 valence electrons. The maximum absolute atomic E-state index is 12.9. The van der Waals surface area contributed by atoms with Crippen LogP contribution in [0.5, 0.6) is 5.75 Å². The van der Waals surface area contributed by atoms with E-state index in [9.17, 15) is 4.79 Å². The van der Waals surface area contributed by atoms with Crippen molar-refractivity contribution in [2.45, 2.75) is 6.04 Å². The van der Waals surface area contributed by atoms with E-state index in [4.69, 9.17) is 9.47 Å². The summed E-state index contributed by atoms with van der Waals surface area (Å²) in [6.07, 6.45) is 0. The van der Waals surface area contributed by atoms with Gasteiger partial charge in [-0.3, -0.25) is 4.79 Å². The Morgan fingerprint density at radius 3 is 2.54 bits per heavy atom. The SMILES string of the molecule is COc1ccc([C@@H](CNC(=O)C2=C(c3ccccc3)SCCO2)N(C)C)cc1. The van der Waals surface area contributed by atoms with Crippen molar-refractivity contribution in [2.24, 2.45) is 0 Å². The van der Waals surface area contributed by atoms with E-state index in [-0.39, 0.29) is 11.9 Å². The summed E-state index contributed by atoms with van der Waals surface area (Å²) < 4.78 is 11.0. The molecular weight excluding hydrogens is 372 g/mol. The van der Waals surface area contributed by atoms with Crippen molar-refractivity contribution in [3.63, 3.8) is 0 Å². The lowest BCUT2D eigenvalue weighted by Crippen LogP contribution is -2.36. The summed E-state index contributed by atoms with van der Waals surface area (Å²) in [6.45, 7) is 1.02. The van der Waals surface area contributed by atoms with Crippen LogP contribution in [0.4, 0.5) is 0 Å². The predicted octanol–water partition coefficient (Wildman–Crippen LogP) is 3.55. The zero-order valence-electron chi connectivity index (χ0n) is 16.5. The van der Waals surface area contributed by atoms with E-state index < -0.39 is 0 Å². The number of thioether (sulfide) groups is 1. The van der Waals surface area contributed by atoms with Crippen LogP contribution in [0.2, 0.25) is 0 Å². The Balaban J connectivity index is 1.75. The van der Waals surface area contributed by atoms with E-state index in [2.05, 4.69) is 10.2 Å². The summed E-state index contributed by atoms with van der Waals surface area (Å²) in [4.78, 5) is 15.9. The molecule has 0 radical (unpaired) electrons. The van der Waals surface area contributed by atoms with Gasteiger partial charge in [0.1, 0.15) is 5.75 Å². The van der Waals surface area contributed by atoms with Gasteiger partial charge in [0.2, 0.25) is 0 Å². The molecule has 0 saturated carbocycles. The van der Waals surface area contributed by atoms with Gasteiger partial charge in [-0.1, -0.05) is 42.5 Å². The molecule has 1 heterocycles. The third-order valence-corrected chi connectivity index (χ3v) is 5.69. The number of ether oxygens (including phenoxy) is 2. The number of likely N-dealkylation sites (N-methyl/N-ethyl adjacent to an activating group) is 1. The molecule has 0 bridgehead atoms. The van der Waals surface area contributed by atoms with Crippen molar-refractivity contribution in [3.05, 3.63) is 71.5 Å². The first-order valence-electron chi connectivity index (χ1n) is 9.24. The molecule has 0 aromatic heterocycles. The lowest BCUT2D eigenvalue weighted by molar-refractivity contribution is -0.120. The van der Waals surface area contributed by atoms with Crippen molar-refractivity contribution < 1.29 is 14.3 Å². The van der Waals surface area contributed by atoms with Crippen LogP contribution in [0.1, 0.15) is 17.2 Å². The number of amides is 1. The second-order valence-electron chi connectivity index (χ2n) is 6.68. The van der Waals surface area contributed by atoms with Gasteiger partial charge in [-0.2, -0.15) is 0 Å². The van der Waals surface area contributed by atoms with Gasteiger partial charge in [0, 0.05) is 12.3 Å². The molecule has 1 amide bonds. The standard InChI is InChI=1S/C22H26N2O3S/c1-24(2)19(16-9-11-18(26-3)12-10-16)15-23-22(25)20-21(28-14-13-27-20)17-7-5-4-6-8-17/h4-12,19H,13-15H2,1-3H3,(H,23,25)/t19-/m1/s1. The average Bonchev–Trinajstić information content (AvgIpc) is 2.74. The van der Waals surface area contributed by atoms with Crippen molar-refractivity contribution in [2.75, 3.05) is 40.1 Å². The minimum absolute atomic E-state index is 0.0480. The first kappa shape index (κ1) is 20.3. The van der Waals surface area contributed by atoms with E-state index in [1.54, 1.807) is 18.9 Å². The molecule has 5 nitrogen and oxygen atoms in total. The fraction of sp³-hybridized carbons (Fsp3) is 0.318. The van der Waals surface area contributed by atoms with Crippen LogP contribution in [0, 0.1) is 0 Å². The Bertz CT molecular complexity index is 819. The van der Waals surface area contributed by atoms with Gasteiger partial charge in [0.25, 0.3) is 5.91 Å². The first-order chi connectivity index (χ1) is 13.6. The second kappa shape index (κ2) is 9.66. The van der Waals surface area contributed by atoms with Crippen LogP contribution >= 0.6 is 11.8 Å². The molecule has 2 aromatic rings. The van der Waals surface area contributed by atoms with Crippen molar-refractivity contribution in [1.82, 2.24) is 10.2 Å². The smallest absolute Gasteiger partial charge is 0.287 e. The molecule has 1 N–H and O–H groups in total. The van der Waals surface area contributed by atoms with Gasteiger partial charge >= 0.3 is 0 Å². The number of methoxy groups -OCH3 is 1. The van der Waals surface area contributed by atoms with Gasteiger partial charge in [-0.15, -0.1) is 11.8 Å². The molecular formula is C22H26N2O3S. The molecule has 0 spiro atoms. The van der Waals surface area contributed by atoms with Crippen LogP contribution in [0.15, 0.2) is 60.4 Å². The maximum atomic E-state index is 12.9. The summed E-state index contributed by atoms with van der Waals surface area (Å²) in [5.41, 5.74) is 2.12. The fourth-order valence-corrected chi connectivity index (χ4v) is 4.04. The normalized spacial score (nSPS) is 15.1. The molecule has 2 aromatic carbocycles. The van der Waals surface area contributed by atoms with Crippen LogP contribution in [-0.4, -0.2) is 50.9 Å². The molecule has 0 unspecified atom stereocenters. The number of carbonyl (C=O) groups excluding carboxylic acids is 1. The lowest BCUT2D eigenvalue weighted by atomic mass is 10.1. The zero-order chi connectivity index (χ0) is 19.9. The highest BCUT2D eigenvalue weighted by Gasteiger charge is 2.24. The maximum Gasteiger partial charge on any atom is 0.287 e. The molecule has 3 rings (SSSR count). The molecule has 1 atom stereocenters. The van der Waals surface area contributed by atoms with Crippen molar-refractivity contribution in [1.29, 1.82) is 0 Å². The highest BCUT2D eigenvalue weighted by atomic mass is 32.2. The summed E-state index contributed by atoms with van der Waals surface area (Å²) >= 11 is 1.66. The minimum Gasteiger partial charge on any atom is -0.497 e. The van der Waals surface area contributed by atoms with Crippen LogP contribution in [-0.2, 0) is 9.53 Å². The Labute approximate surface area is 170 Å². The minimum atomic E-state index is -0.175. The third-order valence-electron chi connectivity index (χ3n) is 4.60. The van der Waals surface area contributed by atoms with Crippen molar-refractivity contribution in [3.8, 4) is 5.75 Å². The monoisotopic (exact) mass is 398 g/mol. The quantitative estimate of drug-likeness (QED) is 0.773. The zero-order valence-corrected chi connectivity index (χ0v) is 17.3. The number of carbonyl (C=O) groups is 1. The Morgan fingerprint density at radius 2 is 1.89 bits per heavy atom. The second-order valence-corrected chi connectivity index (χ2v) is 7.79. The van der Waals surface area contributed by atoms with Crippen LogP contribution in [0.3, 0.4) is 0 Å². The number of rotatable bonds is 7. The number of hydrogen-bond donors (Lipinski definition) is 1. The Hall–Kier alpha value is -2.44. The number of nitrogens with one attached hydrogen (secondary N) is 1. The van der Waals surface area contributed by atoms with Gasteiger partial charge in [-0.05, 0) is 37.4 Å². The van der Waals surface area contributed by atoms with Crippen LogP contribution in [0.25, 0.3) is 4.91 Å². The highest BCUT2D eigenvalue weighted by Crippen LogP contribution is 2.34. The van der Waals surface area contributed by atoms with E-state index in [0.717, 1.165) is 27.5 Å². The predicted molar refractivity (Wildman–Crippen MR) is 114 cm³/mol. The lowest BCUT2D eigenvalue weighted by Gasteiger charge is -2.26. The van der Waals surface area contributed by atoms with Crippen molar-refractivity contribution >= 4 is 22.6 Å². The highest BCUT2D eigenvalue weighted by molar-refractivity contribution is 8.08. The van der Waals surface area contributed by atoms with Gasteiger partial charge in [0.15, 0.2) is 5.76 Å². The molecule has 0 fully saturated rings. The van der Waals surface area contributed by atoms with E-state index in [1.807, 2.05) is 68.7 Å². The molecule has 0 saturated heterocycles. The molecule has 1 aliphatic heterocycles. The Morgan fingerprint density at radius 1 is 1.18 bits per heavy atom. The van der Waals surface area contributed by atoms with E-state index in [1.165, 1.54) is 0 Å². The topological polar surface area (TPSA) is 50.8 Å². The number of nitrogens with zero attached hydrogens (tertiary/aromatic N) is 1. The fourth-order valence-electron chi connectivity index (χ4n) is 3.09. The summed E-state index contributed by atoms with van der Waals surface area (Å²) in [7, 11) is 5.66. The summed E-state index contributed by atoms with van der Waals surface area (Å²) in [6, 6.07) is 17.9. The Kier molecular flexibility index (Phi) is 7.01. The van der Waals surface area contributed by atoms with E-state index >= 15 is 0 Å². The molecule has 0 aliphatic carbocycles. The summed E-state index contributed by atoms with van der Waals surface area (Å²) in [5, 5.41) is 3.05. The van der Waals surface area contributed by atoms with Crippen LogP contribution < -0.4 is 10.1 Å². The largest absolute Gasteiger partial charge is 0.497 e. The van der Waals surface area contributed by atoms with Gasteiger partial charge in [0.05, 0.1) is 24.7 Å². The molecule has 6 heteroatoms. The number of benzene rings is 2. The van der Waals surface area contributed by atoms with Gasteiger partial charge < -0.3 is 19.7 Å². The third kappa shape index (κ3) is 4.88. The van der Waals surface area contributed by atoms with Gasteiger partial charge in [-0.25, -0.2) is 0 Å². The molecule has 28 heavy (non-hydrogen) atoms. The number of hydrogen-bond acceptors (Lipinski definition) is 5. The average molecular weight is 399 g/mol. The molecule has 1 aliphatic rings. The summed E-state index contributed by atoms with van der Waals surface area (Å²) in [5.74, 6) is 1.89.